The van der Waals surface area contributed by atoms with Gasteiger partial charge in [-0.1, -0.05) is 20.8 Å². The van der Waals surface area contributed by atoms with Crippen LogP contribution in [0.15, 0.2) is 0 Å². The molecule has 0 saturated heterocycles. The Morgan fingerprint density at radius 2 is 2.17 bits per heavy atom. The predicted octanol–water partition coefficient (Wildman–Crippen LogP) is 0.651. The molecule has 0 aliphatic carbocycles. The lowest BCUT2D eigenvalue weighted by molar-refractivity contribution is 0.173. The van der Waals surface area contributed by atoms with E-state index in [1.165, 1.54) is 4.80 Å². The molecule has 1 rings (SSSR count). The van der Waals surface area contributed by atoms with Crippen molar-refractivity contribution in [1.29, 1.82) is 0 Å². The second-order valence-electron chi connectivity index (χ2n) is 5.35. The summed E-state index contributed by atoms with van der Waals surface area (Å²) in [5, 5.41) is 15.7. The average Bonchev–Trinajstić information content (AvgIpc) is 2.70. The number of hydrogen-bond donors (Lipinski definition) is 1. The molecule has 18 heavy (non-hydrogen) atoms. The summed E-state index contributed by atoms with van der Waals surface area (Å²) in [6.07, 6.45) is 0.832. The summed E-state index contributed by atoms with van der Waals surface area (Å²) in [7, 11) is 3.51. The molecule has 1 unspecified atom stereocenters. The lowest BCUT2D eigenvalue weighted by Gasteiger charge is -2.33. The van der Waals surface area contributed by atoms with Crippen molar-refractivity contribution in [2.75, 3.05) is 26.8 Å². The van der Waals surface area contributed by atoms with Gasteiger partial charge in [0.2, 0.25) is 0 Å². The third-order valence-corrected chi connectivity index (χ3v) is 3.52. The van der Waals surface area contributed by atoms with Gasteiger partial charge in [-0.05, 0) is 16.5 Å². The van der Waals surface area contributed by atoms with E-state index in [0.717, 1.165) is 31.9 Å². The van der Waals surface area contributed by atoms with E-state index in [4.69, 9.17) is 4.74 Å². The van der Waals surface area contributed by atoms with E-state index in [1.807, 2.05) is 0 Å². The van der Waals surface area contributed by atoms with Crippen molar-refractivity contribution in [2.45, 2.75) is 27.2 Å². The quantitative estimate of drug-likeness (QED) is 0.691. The van der Waals surface area contributed by atoms with Gasteiger partial charge in [0.25, 0.3) is 0 Å². The van der Waals surface area contributed by atoms with Gasteiger partial charge >= 0.3 is 0 Å². The highest BCUT2D eigenvalue weighted by atomic mass is 16.5. The van der Waals surface area contributed by atoms with Crippen LogP contribution < -0.4 is 5.32 Å². The molecule has 0 bridgehead atoms. The number of aryl methyl sites for hydroxylation is 1. The Morgan fingerprint density at radius 3 is 2.67 bits per heavy atom. The second kappa shape index (κ2) is 6.80. The molecule has 104 valence electrons. The van der Waals surface area contributed by atoms with Gasteiger partial charge in [0.1, 0.15) is 0 Å². The number of ether oxygens (including phenoxy) is 1. The van der Waals surface area contributed by atoms with E-state index in [2.05, 4.69) is 41.5 Å². The smallest absolute Gasteiger partial charge is 0.175 e. The van der Waals surface area contributed by atoms with Gasteiger partial charge in [0.15, 0.2) is 5.82 Å². The van der Waals surface area contributed by atoms with Crippen LogP contribution in [0, 0.1) is 11.3 Å². The van der Waals surface area contributed by atoms with E-state index in [9.17, 15) is 0 Å². The first-order chi connectivity index (χ1) is 8.48. The largest absolute Gasteiger partial charge is 0.383 e. The van der Waals surface area contributed by atoms with Crippen LogP contribution in [-0.2, 0) is 18.2 Å². The van der Waals surface area contributed by atoms with E-state index in [1.54, 1.807) is 14.2 Å². The SMILES string of the molecule is COCCNCC(C)(Cc1nnn(C)n1)C(C)C. The Balaban J connectivity index is 2.56. The van der Waals surface area contributed by atoms with Crippen LogP contribution in [0.25, 0.3) is 0 Å². The molecular formula is C12H25N5O. The minimum atomic E-state index is 0.122. The van der Waals surface area contributed by atoms with Crippen molar-refractivity contribution in [1.82, 2.24) is 25.5 Å². The lowest BCUT2D eigenvalue weighted by Crippen LogP contribution is -2.39. The number of hydrogen-bond acceptors (Lipinski definition) is 5. The van der Waals surface area contributed by atoms with E-state index >= 15 is 0 Å². The summed E-state index contributed by atoms with van der Waals surface area (Å²) in [5.74, 6) is 1.35. The summed E-state index contributed by atoms with van der Waals surface area (Å²) in [6.45, 7) is 9.24. The first kappa shape index (κ1) is 15.0. The van der Waals surface area contributed by atoms with Crippen molar-refractivity contribution in [3.8, 4) is 0 Å². The third kappa shape index (κ3) is 4.34. The predicted molar refractivity (Wildman–Crippen MR) is 70.2 cm³/mol. The third-order valence-electron chi connectivity index (χ3n) is 3.52. The zero-order chi connectivity index (χ0) is 13.6. The van der Waals surface area contributed by atoms with Crippen molar-refractivity contribution in [3.63, 3.8) is 0 Å². The number of aromatic nitrogens is 4. The van der Waals surface area contributed by atoms with Gasteiger partial charge in [-0.25, -0.2) is 0 Å². The van der Waals surface area contributed by atoms with Gasteiger partial charge in [-0.15, -0.1) is 10.2 Å². The molecule has 1 aromatic heterocycles. The monoisotopic (exact) mass is 255 g/mol. The number of nitrogens with one attached hydrogen (secondary N) is 1. The molecule has 0 aliphatic heterocycles. The Morgan fingerprint density at radius 1 is 1.44 bits per heavy atom. The fraction of sp³-hybridized carbons (Fsp3) is 0.917. The normalized spacial score (nSPS) is 15.0. The van der Waals surface area contributed by atoms with Crippen molar-refractivity contribution >= 4 is 0 Å². The van der Waals surface area contributed by atoms with Crippen molar-refractivity contribution in [3.05, 3.63) is 5.82 Å². The molecule has 1 atom stereocenters. The molecule has 0 amide bonds. The first-order valence-corrected chi connectivity index (χ1v) is 6.40. The molecule has 0 aliphatic rings. The molecule has 1 aromatic rings. The minimum Gasteiger partial charge on any atom is -0.383 e. The lowest BCUT2D eigenvalue weighted by atomic mass is 9.76. The van der Waals surface area contributed by atoms with Crippen LogP contribution in [0.5, 0.6) is 0 Å². The second-order valence-corrected chi connectivity index (χ2v) is 5.35. The molecule has 0 aromatic carbocycles. The van der Waals surface area contributed by atoms with E-state index < -0.39 is 0 Å². The van der Waals surface area contributed by atoms with Crippen LogP contribution in [0.3, 0.4) is 0 Å². The molecule has 0 radical (unpaired) electrons. The van der Waals surface area contributed by atoms with Crippen LogP contribution in [-0.4, -0.2) is 47.0 Å². The number of tetrazole rings is 1. The summed E-state index contributed by atoms with van der Waals surface area (Å²) in [6, 6.07) is 0. The van der Waals surface area contributed by atoms with Crippen LogP contribution >= 0.6 is 0 Å². The Kier molecular flexibility index (Phi) is 5.68. The first-order valence-electron chi connectivity index (χ1n) is 6.40. The summed E-state index contributed by atoms with van der Waals surface area (Å²) < 4.78 is 5.04. The topological polar surface area (TPSA) is 64.9 Å². The Hall–Kier alpha value is -1.01. The summed E-state index contributed by atoms with van der Waals surface area (Å²) >= 11 is 0. The van der Waals surface area contributed by atoms with Gasteiger partial charge in [0.05, 0.1) is 13.7 Å². The zero-order valence-corrected chi connectivity index (χ0v) is 12.1. The number of methoxy groups -OCH3 is 1. The minimum absolute atomic E-state index is 0.122. The molecular weight excluding hydrogens is 230 g/mol. The Labute approximate surface area is 109 Å². The maximum absolute atomic E-state index is 5.04. The molecule has 0 fully saturated rings. The summed E-state index contributed by atoms with van der Waals surface area (Å²) in [5.41, 5.74) is 0.122. The highest BCUT2D eigenvalue weighted by Gasteiger charge is 2.30. The average molecular weight is 255 g/mol. The molecule has 6 heteroatoms. The highest BCUT2D eigenvalue weighted by Crippen LogP contribution is 2.29. The van der Waals surface area contributed by atoms with Crippen LogP contribution in [0.1, 0.15) is 26.6 Å². The highest BCUT2D eigenvalue weighted by molar-refractivity contribution is 4.91. The molecule has 6 nitrogen and oxygen atoms in total. The number of rotatable bonds is 8. The van der Waals surface area contributed by atoms with Gasteiger partial charge in [-0.2, -0.15) is 4.80 Å². The van der Waals surface area contributed by atoms with Gasteiger partial charge in [0, 0.05) is 26.6 Å². The van der Waals surface area contributed by atoms with E-state index in [-0.39, 0.29) is 5.41 Å². The Bertz CT molecular complexity index is 352. The fourth-order valence-electron chi connectivity index (χ4n) is 1.77. The summed E-state index contributed by atoms with van der Waals surface area (Å²) in [4.78, 5) is 1.51. The van der Waals surface area contributed by atoms with Crippen molar-refractivity contribution < 1.29 is 4.74 Å². The maximum Gasteiger partial charge on any atom is 0.175 e. The maximum atomic E-state index is 5.04. The van der Waals surface area contributed by atoms with Gasteiger partial charge in [-0.3, -0.25) is 0 Å². The standard InChI is InChI=1S/C12H25N5O/c1-10(2)12(3,9-13-6-7-18-5)8-11-14-16-17(4)15-11/h10,13H,6-9H2,1-5H3. The molecule has 0 spiro atoms. The van der Waals surface area contributed by atoms with Gasteiger partial charge < -0.3 is 10.1 Å². The molecule has 0 saturated carbocycles. The van der Waals surface area contributed by atoms with Crippen LogP contribution in [0.4, 0.5) is 0 Å². The van der Waals surface area contributed by atoms with Crippen LogP contribution in [0.2, 0.25) is 0 Å². The molecule has 1 N–H and O–H groups in total. The number of nitrogens with zero attached hydrogens (tertiary/aromatic N) is 4. The zero-order valence-electron chi connectivity index (χ0n) is 12.1. The van der Waals surface area contributed by atoms with Crippen molar-refractivity contribution in [2.24, 2.45) is 18.4 Å². The van der Waals surface area contributed by atoms with E-state index in [0.29, 0.717) is 5.92 Å². The fourth-order valence-corrected chi connectivity index (χ4v) is 1.77. The molecule has 1 heterocycles.